The predicted octanol–water partition coefficient (Wildman–Crippen LogP) is -0.109. The van der Waals surface area contributed by atoms with Crippen molar-refractivity contribution in [2.45, 2.75) is 31.2 Å². The number of nitriles is 1. The second-order valence-corrected chi connectivity index (χ2v) is 9.96. The molecule has 0 atom stereocenters. The van der Waals surface area contributed by atoms with Crippen molar-refractivity contribution in [2.75, 3.05) is 26.2 Å². The highest BCUT2D eigenvalue weighted by atomic mass is 32.2. The largest absolute Gasteiger partial charge is 0.338 e. The van der Waals surface area contributed by atoms with Crippen LogP contribution >= 0.6 is 0 Å². The Morgan fingerprint density at radius 2 is 1.72 bits per heavy atom. The summed E-state index contributed by atoms with van der Waals surface area (Å²) in [7, 11) is -3.52. The molecule has 1 aliphatic heterocycles. The zero-order chi connectivity index (χ0) is 22.9. The first-order valence-corrected chi connectivity index (χ1v) is 12.0. The topological polar surface area (TPSA) is 125 Å². The maximum atomic E-state index is 12.8. The molecule has 0 bridgehead atoms. The molecule has 1 aromatic carbocycles. The summed E-state index contributed by atoms with van der Waals surface area (Å²) in [5.41, 5.74) is -0.878. The maximum absolute atomic E-state index is 12.8. The number of carbonyl (C=O) groups excluding carboxylic acids is 1. The molecule has 1 saturated carbocycles. The minimum Gasteiger partial charge on any atom is -0.338 e. The summed E-state index contributed by atoms with van der Waals surface area (Å²) in [5.74, 6) is -0.569. The first kappa shape index (κ1) is 22.0. The van der Waals surface area contributed by atoms with Crippen LogP contribution in [0.2, 0.25) is 0 Å². The summed E-state index contributed by atoms with van der Waals surface area (Å²) in [5, 5.41) is 9.22. The molecular formula is C21H23N5O5S. The van der Waals surface area contributed by atoms with E-state index in [9.17, 15) is 28.1 Å². The third-order valence-corrected chi connectivity index (χ3v) is 7.58. The van der Waals surface area contributed by atoms with Gasteiger partial charge in [-0.3, -0.25) is 14.2 Å². The van der Waals surface area contributed by atoms with Crippen molar-refractivity contribution in [3.05, 3.63) is 68.5 Å². The Kier molecular flexibility index (Phi) is 5.99. The normalized spacial score (nSPS) is 17.2. The molecule has 10 nitrogen and oxygen atoms in total. The highest BCUT2D eigenvalue weighted by molar-refractivity contribution is 7.88. The van der Waals surface area contributed by atoms with E-state index >= 15 is 0 Å². The van der Waals surface area contributed by atoms with E-state index < -0.39 is 33.7 Å². The third kappa shape index (κ3) is 4.51. The van der Waals surface area contributed by atoms with Crippen LogP contribution in [-0.2, 0) is 27.1 Å². The molecule has 168 valence electrons. The van der Waals surface area contributed by atoms with Gasteiger partial charge in [-0.25, -0.2) is 17.8 Å². The van der Waals surface area contributed by atoms with Crippen LogP contribution in [0.4, 0.5) is 0 Å². The number of nitrogens with zero attached hydrogens (tertiary/aromatic N) is 5. The van der Waals surface area contributed by atoms with Gasteiger partial charge in [0.25, 0.3) is 5.56 Å². The van der Waals surface area contributed by atoms with Crippen LogP contribution in [0.3, 0.4) is 0 Å². The van der Waals surface area contributed by atoms with Crippen molar-refractivity contribution >= 4 is 15.9 Å². The van der Waals surface area contributed by atoms with Crippen LogP contribution < -0.4 is 11.2 Å². The molecule has 2 heterocycles. The Bertz CT molecular complexity index is 1280. The standard InChI is InChI=1S/C21H23N5O5S/c22-12-17-13-25(18-6-7-18)21(29)26(20(17)28)14-19(27)23-8-10-24(11-9-23)32(30,31)15-16-4-2-1-3-5-16/h1-5,13,18H,6-11,14-15H2. The van der Waals surface area contributed by atoms with Crippen LogP contribution in [0.15, 0.2) is 46.1 Å². The summed E-state index contributed by atoms with van der Waals surface area (Å²) in [4.78, 5) is 39.4. The van der Waals surface area contributed by atoms with Crippen molar-refractivity contribution in [3.63, 3.8) is 0 Å². The quantitative estimate of drug-likeness (QED) is 0.596. The average molecular weight is 458 g/mol. The van der Waals surface area contributed by atoms with Crippen LogP contribution in [0.5, 0.6) is 0 Å². The molecule has 4 rings (SSSR count). The number of carbonyl (C=O) groups is 1. The molecule has 2 fully saturated rings. The Balaban J connectivity index is 1.44. The molecule has 1 saturated heterocycles. The lowest BCUT2D eigenvalue weighted by molar-refractivity contribution is -0.133. The van der Waals surface area contributed by atoms with E-state index in [1.807, 2.05) is 6.07 Å². The number of hydrogen-bond donors (Lipinski definition) is 0. The number of piperazine rings is 1. The number of rotatable bonds is 6. The van der Waals surface area contributed by atoms with Gasteiger partial charge in [-0.2, -0.15) is 9.57 Å². The molecule has 0 unspecified atom stereocenters. The molecular weight excluding hydrogens is 434 g/mol. The number of hydrogen-bond acceptors (Lipinski definition) is 6. The molecule has 1 aliphatic carbocycles. The predicted molar refractivity (Wildman–Crippen MR) is 115 cm³/mol. The van der Waals surface area contributed by atoms with Gasteiger partial charge in [-0.15, -0.1) is 0 Å². The first-order valence-electron chi connectivity index (χ1n) is 10.4. The lowest BCUT2D eigenvalue weighted by atomic mass is 10.2. The van der Waals surface area contributed by atoms with Crippen LogP contribution in [0, 0.1) is 11.3 Å². The Hall–Kier alpha value is -3.23. The fourth-order valence-corrected chi connectivity index (χ4v) is 5.29. The summed E-state index contributed by atoms with van der Waals surface area (Å²) in [6.07, 6.45) is 2.84. The van der Waals surface area contributed by atoms with Gasteiger partial charge in [-0.1, -0.05) is 30.3 Å². The Morgan fingerprint density at radius 1 is 1.06 bits per heavy atom. The minimum absolute atomic E-state index is 0.0464. The van der Waals surface area contributed by atoms with Crippen molar-refractivity contribution in [2.24, 2.45) is 0 Å². The average Bonchev–Trinajstić information content (AvgIpc) is 3.62. The SMILES string of the molecule is N#Cc1cn(C2CC2)c(=O)n(CC(=O)N2CCN(S(=O)(=O)Cc3ccccc3)CC2)c1=O. The monoisotopic (exact) mass is 457 g/mol. The van der Waals surface area contributed by atoms with Crippen molar-refractivity contribution in [1.29, 1.82) is 5.26 Å². The molecule has 1 amide bonds. The molecule has 0 radical (unpaired) electrons. The number of benzene rings is 1. The van der Waals surface area contributed by atoms with Gasteiger partial charge in [0.1, 0.15) is 18.2 Å². The molecule has 32 heavy (non-hydrogen) atoms. The fraction of sp³-hybridized carbons (Fsp3) is 0.429. The molecule has 1 aromatic heterocycles. The number of amides is 1. The van der Waals surface area contributed by atoms with Gasteiger partial charge in [0.05, 0.1) is 5.75 Å². The van der Waals surface area contributed by atoms with E-state index in [-0.39, 0.29) is 43.5 Å². The molecule has 2 aromatic rings. The zero-order valence-electron chi connectivity index (χ0n) is 17.4. The first-order chi connectivity index (χ1) is 15.3. The van der Waals surface area contributed by atoms with Crippen molar-refractivity contribution in [3.8, 4) is 6.07 Å². The second kappa shape index (κ2) is 8.72. The smallest absolute Gasteiger partial charge is 0.331 e. The molecule has 2 aliphatic rings. The van der Waals surface area contributed by atoms with Gasteiger partial charge >= 0.3 is 5.69 Å². The van der Waals surface area contributed by atoms with Gasteiger partial charge in [0.2, 0.25) is 15.9 Å². The van der Waals surface area contributed by atoms with Gasteiger partial charge in [-0.05, 0) is 18.4 Å². The highest BCUT2D eigenvalue weighted by Gasteiger charge is 2.31. The van der Waals surface area contributed by atoms with E-state index in [0.717, 1.165) is 17.4 Å². The molecule has 11 heteroatoms. The Labute approximate surface area is 185 Å². The summed E-state index contributed by atoms with van der Waals surface area (Å²) in [6, 6.07) is 10.6. The van der Waals surface area contributed by atoms with E-state index in [0.29, 0.717) is 5.56 Å². The lowest BCUT2D eigenvalue weighted by Crippen LogP contribution is -2.53. The van der Waals surface area contributed by atoms with Gasteiger partial charge < -0.3 is 4.90 Å². The van der Waals surface area contributed by atoms with E-state index in [1.54, 1.807) is 30.3 Å². The fourth-order valence-electron chi connectivity index (χ4n) is 3.78. The summed E-state index contributed by atoms with van der Waals surface area (Å²) >= 11 is 0. The van der Waals surface area contributed by atoms with E-state index in [4.69, 9.17) is 0 Å². The zero-order valence-corrected chi connectivity index (χ0v) is 18.2. The van der Waals surface area contributed by atoms with Crippen LogP contribution in [0.25, 0.3) is 0 Å². The van der Waals surface area contributed by atoms with E-state index in [2.05, 4.69) is 0 Å². The van der Waals surface area contributed by atoms with Crippen LogP contribution in [-0.4, -0.2) is 58.8 Å². The van der Waals surface area contributed by atoms with Gasteiger partial charge in [0, 0.05) is 38.4 Å². The molecule has 0 spiro atoms. The summed E-state index contributed by atoms with van der Waals surface area (Å²) in [6.45, 7) is 0.129. The minimum atomic E-state index is -3.52. The van der Waals surface area contributed by atoms with E-state index in [1.165, 1.54) is 20.0 Å². The number of sulfonamides is 1. The van der Waals surface area contributed by atoms with Gasteiger partial charge in [0.15, 0.2) is 0 Å². The second-order valence-electron chi connectivity index (χ2n) is 7.99. The van der Waals surface area contributed by atoms with Crippen molar-refractivity contribution in [1.82, 2.24) is 18.3 Å². The lowest BCUT2D eigenvalue weighted by Gasteiger charge is -2.34. The molecule has 0 N–H and O–H groups in total. The maximum Gasteiger partial charge on any atom is 0.331 e. The third-order valence-electron chi connectivity index (χ3n) is 5.73. The highest BCUT2D eigenvalue weighted by Crippen LogP contribution is 2.33. The summed E-state index contributed by atoms with van der Waals surface area (Å²) < 4.78 is 28.9. The number of aromatic nitrogens is 2. The van der Waals surface area contributed by atoms with Crippen LogP contribution in [0.1, 0.15) is 30.0 Å². The van der Waals surface area contributed by atoms with Crippen molar-refractivity contribution < 1.29 is 13.2 Å². The Morgan fingerprint density at radius 3 is 2.31 bits per heavy atom.